The number of benzene rings is 1. The van der Waals surface area contributed by atoms with E-state index in [1.807, 2.05) is 29.8 Å². The molecule has 4 heteroatoms. The van der Waals surface area contributed by atoms with E-state index < -0.39 is 6.10 Å². The van der Waals surface area contributed by atoms with Gasteiger partial charge in [0.05, 0.1) is 17.5 Å². The van der Waals surface area contributed by atoms with Crippen molar-refractivity contribution in [1.82, 2.24) is 9.78 Å². The Kier molecular flexibility index (Phi) is 5.02. The lowest BCUT2D eigenvalue weighted by Crippen LogP contribution is -2.07. The average Bonchev–Trinajstić information content (AvgIpc) is 2.88. The van der Waals surface area contributed by atoms with Crippen LogP contribution in [0.1, 0.15) is 49.4 Å². The van der Waals surface area contributed by atoms with Gasteiger partial charge in [0.25, 0.3) is 0 Å². The number of hydrogen-bond donors (Lipinski definition) is 1. The molecular weight excluding hydrogens is 264 g/mol. The molecule has 0 radical (unpaired) electrons. The number of aliphatic hydroxyl groups excluding tert-OH is 1. The molecule has 21 heavy (non-hydrogen) atoms. The van der Waals surface area contributed by atoms with Gasteiger partial charge in [0, 0.05) is 12.1 Å². The number of aromatic nitrogens is 2. The predicted octanol–water partition coefficient (Wildman–Crippen LogP) is 3.41. The molecule has 0 amide bonds. The maximum Gasteiger partial charge on any atom is 0.130 e. The summed E-state index contributed by atoms with van der Waals surface area (Å²) in [5.41, 5.74) is 4.08. The molecular formula is C17H24N2O2. The number of hydrogen-bond acceptors (Lipinski definition) is 3. The molecule has 0 saturated carbocycles. The van der Waals surface area contributed by atoms with E-state index in [2.05, 4.69) is 25.0 Å². The number of aryl methyl sites for hydroxylation is 3. The van der Waals surface area contributed by atoms with Crippen LogP contribution in [-0.2, 0) is 19.6 Å². The fraction of sp³-hybridized carbons (Fsp3) is 0.471. The highest BCUT2D eigenvalue weighted by molar-refractivity contribution is 5.38. The second-order valence-electron chi connectivity index (χ2n) is 5.30. The number of aliphatic hydroxyl groups is 1. The van der Waals surface area contributed by atoms with E-state index in [0.29, 0.717) is 6.61 Å². The first-order valence-corrected chi connectivity index (χ1v) is 7.52. The average molecular weight is 288 g/mol. The summed E-state index contributed by atoms with van der Waals surface area (Å²) >= 11 is 0. The van der Waals surface area contributed by atoms with Crippen molar-refractivity contribution in [3.05, 3.63) is 46.8 Å². The highest BCUT2D eigenvalue weighted by Gasteiger charge is 2.11. The maximum atomic E-state index is 9.87. The number of rotatable bonds is 6. The van der Waals surface area contributed by atoms with Crippen LogP contribution in [0, 0.1) is 6.92 Å². The van der Waals surface area contributed by atoms with Crippen molar-refractivity contribution in [3.8, 4) is 5.75 Å². The third-order valence-corrected chi connectivity index (χ3v) is 3.57. The van der Waals surface area contributed by atoms with E-state index >= 15 is 0 Å². The highest BCUT2D eigenvalue weighted by Crippen LogP contribution is 2.27. The Balaban J connectivity index is 2.18. The minimum Gasteiger partial charge on any atom is -0.487 e. The molecule has 1 aromatic heterocycles. The van der Waals surface area contributed by atoms with Gasteiger partial charge in [-0.15, -0.1) is 0 Å². The summed E-state index contributed by atoms with van der Waals surface area (Å²) in [5.74, 6) is 0.734. The quantitative estimate of drug-likeness (QED) is 0.886. The van der Waals surface area contributed by atoms with Gasteiger partial charge in [-0.05, 0) is 45.4 Å². The number of nitrogens with zero attached hydrogens (tertiary/aromatic N) is 2. The normalized spacial score (nSPS) is 12.4. The van der Waals surface area contributed by atoms with E-state index in [1.54, 1.807) is 6.92 Å². The Bertz CT molecular complexity index is 603. The van der Waals surface area contributed by atoms with E-state index in [-0.39, 0.29) is 0 Å². The Labute approximate surface area is 126 Å². The number of ether oxygens (including phenoxy) is 1. The third kappa shape index (κ3) is 3.64. The molecule has 2 aromatic rings. The summed E-state index contributed by atoms with van der Waals surface area (Å²) in [6, 6.07) is 7.97. The van der Waals surface area contributed by atoms with E-state index in [9.17, 15) is 5.11 Å². The molecule has 1 atom stereocenters. The van der Waals surface area contributed by atoms with Gasteiger partial charge in [-0.1, -0.05) is 18.6 Å². The molecule has 2 rings (SSSR count). The van der Waals surface area contributed by atoms with Crippen LogP contribution in [0.25, 0.3) is 0 Å². The van der Waals surface area contributed by atoms with Crippen LogP contribution in [0.3, 0.4) is 0 Å². The standard InChI is InChI=1S/C17H24N2O2/c1-5-14-10-15(19(6-2)18-14)11-21-17-8-7-12(3)9-16(17)13(4)20/h7-10,13,20H,5-6,11H2,1-4H3/t13-/m0/s1. The van der Waals surface area contributed by atoms with Gasteiger partial charge < -0.3 is 9.84 Å². The molecule has 0 bridgehead atoms. The summed E-state index contributed by atoms with van der Waals surface area (Å²) in [4.78, 5) is 0. The van der Waals surface area contributed by atoms with Crippen LogP contribution in [0.4, 0.5) is 0 Å². The largest absolute Gasteiger partial charge is 0.487 e. The predicted molar refractivity (Wildman–Crippen MR) is 83.4 cm³/mol. The summed E-state index contributed by atoms with van der Waals surface area (Å²) < 4.78 is 7.89. The van der Waals surface area contributed by atoms with E-state index in [1.165, 1.54) is 0 Å². The molecule has 0 unspecified atom stereocenters. The smallest absolute Gasteiger partial charge is 0.130 e. The zero-order valence-electron chi connectivity index (χ0n) is 13.3. The lowest BCUT2D eigenvalue weighted by Gasteiger charge is -2.14. The summed E-state index contributed by atoms with van der Waals surface area (Å²) in [5, 5.41) is 14.4. The minimum absolute atomic E-state index is 0.462. The van der Waals surface area contributed by atoms with Crippen LogP contribution >= 0.6 is 0 Å². The van der Waals surface area contributed by atoms with Crippen LogP contribution in [-0.4, -0.2) is 14.9 Å². The maximum absolute atomic E-state index is 9.87. The topological polar surface area (TPSA) is 47.3 Å². The van der Waals surface area contributed by atoms with Crippen molar-refractivity contribution < 1.29 is 9.84 Å². The lowest BCUT2D eigenvalue weighted by molar-refractivity contribution is 0.189. The highest BCUT2D eigenvalue weighted by atomic mass is 16.5. The van der Waals surface area contributed by atoms with Crippen molar-refractivity contribution in [3.63, 3.8) is 0 Å². The fourth-order valence-corrected chi connectivity index (χ4v) is 2.36. The van der Waals surface area contributed by atoms with Gasteiger partial charge in [0.1, 0.15) is 12.4 Å². The Hall–Kier alpha value is -1.81. The monoisotopic (exact) mass is 288 g/mol. The molecule has 114 valence electrons. The van der Waals surface area contributed by atoms with Crippen LogP contribution in [0.2, 0.25) is 0 Å². The zero-order valence-corrected chi connectivity index (χ0v) is 13.3. The van der Waals surface area contributed by atoms with Crippen molar-refractivity contribution in [2.45, 2.75) is 53.4 Å². The molecule has 4 nitrogen and oxygen atoms in total. The van der Waals surface area contributed by atoms with E-state index in [4.69, 9.17) is 4.74 Å². The van der Waals surface area contributed by atoms with Crippen molar-refractivity contribution >= 4 is 0 Å². The zero-order chi connectivity index (χ0) is 15.4. The van der Waals surface area contributed by atoms with Gasteiger partial charge in [-0.25, -0.2) is 0 Å². The first kappa shape index (κ1) is 15.6. The molecule has 0 aliphatic rings. The Morgan fingerprint density at radius 3 is 2.67 bits per heavy atom. The summed E-state index contributed by atoms with van der Waals surface area (Å²) in [6.45, 7) is 9.23. The van der Waals surface area contributed by atoms with Crippen molar-refractivity contribution in [1.29, 1.82) is 0 Å². The molecule has 0 fully saturated rings. The molecule has 1 heterocycles. The van der Waals surface area contributed by atoms with E-state index in [0.717, 1.165) is 41.2 Å². The van der Waals surface area contributed by atoms with Crippen LogP contribution in [0.5, 0.6) is 5.75 Å². The van der Waals surface area contributed by atoms with Gasteiger partial charge in [0.15, 0.2) is 0 Å². The van der Waals surface area contributed by atoms with Crippen LogP contribution in [0.15, 0.2) is 24.3 Å². The molecule has 1 N–H and O–H groups in total. The first-order valence-electron chi connectivity index (χ1n) is 7.52. The lowest BCUT2D eigenvalue weighted by atomic mass is 10.1. The third-order valence-electron chi connectivity index (χ3n) is 3.57. The van der Waals surface area contributed by atoms with Gasteiger partial charge >= 0.3 is 0 Å². The minimum atomic E-state index is -0.540. The summed E-state index contributed by atoms with van der Waals surface area (Å²) in [7, 11) is 0. The van der Waals surface area contributed by atoms with Crippen molar-refractivity contribution in [2.75, 3.05) is 0 Å². The molecule has 1 aromatic carbocycles. The van der Waals surface area contributed by atoms with Crippen LogP contribution < -0.4 is 4.74 Å². The molecule has 0 saturated heterocycles. The fourth-order valence-electron chi connectivity index (χ4n) is 2.36. The second-order valence-corrected chi connectivity index (χ2v) is 5.30. The summed E-state index contributed by atoms with van der Waals surface area (Å²) in [6.07, 6.45) is 0.380. The second kappa shape index (κ2) is 6.76. The van der Waals surface area contributed by atoms with Gasteiger partial charge in [-0.3, -0.25) is 4.68 Å². The van der Waals surface area contributed by atoms with Crippen molar-refractivity contribution in [2.24, 2.45) is 0 Å². The first-order chi connectivity index (χ1) is 10.0. The Morgan fingerprint density at radius 1 is 1.29 bits per heavy atom. The SMILES string of the molecule is CCc1cc(COc2ccc(C)cc2[C@H](C)O)n(CC)n1. The molecule has 0 spiro atoms. The van der Waals surface area contributed by atoms with Gasteiger partial charge in [0.2, 0.25) is 0 Å². The van der Waals surface area contributed by atoms with Gasteiger partial charge in [-0.2, -0.15) is 5.10 Å². The molecule has 0 aliphatic carbocycles. The molecule has 0 aliphatic heterocycles. The Morgan fingerprint density at radius 2 is 2.05 bits per heavy atom.